The molecule has 3 rings (SSSR count). The molecule has 3 aromatic rings. The maximum absolute atomic E-state index is 13.6. The molecular weight excluding hydrogens is 378 g/mol. The van der Waals surface area contributed by atoms with Gasteiger partial charge in [-0.1, -0.05) is 12.1 Å². The van der Waals surface area contributed by atoms with Gasteiger partial charge in [-0.2, -0.15) is 0 Å². The van der Waals surface area contributed by atoms with Crippen molar-refractivity contribution in [2.24, 2.45) is 0 Å². The number of carbonyl (C=O) groups excluding carboxylic acids is 1. The molecule has 0 aliphatic rings. The number of aryl methyl sites for hydroxylation is 2. The Hall–Kier alpha value is -3.48. The van der Waals surface area contributed by atoms with E-state index in [1.54, 1.807) is 31.2 Å². The van der Waals surface area contributed by atoms with Crippen molar-refractivity contribution in [3.05, 3.63) is 98.5 Å². The second-order valence-corrected chi connectivity index (χ2v) is 6.69. The molecule has 1 aromatic heterocycles. The number of nitrogens with one attached hydrogen (secondary N) is 2. The van der Waals surface area contributed by atoms with Gasteiger partial charge in [0, 0.05) is 29.4 Å². The number of hydrogen-bond acceptors (Lipinski definition) is 3. The van der Waals surface area contributed by atoms with Gasteiger partial charge in [-0.25, -0.2) is 8.78 Å². The van der Waals surface area contributed by atoms with E-state index in [9.17, 15) is 18.4 Å². The summed E-state index contributed by atoms with van der Waals surface area (Å²) in [6, 6.07) is 11.5. The number of aromatic nitrogens is 1. The minimum Gasteiger partial charge on any atom is -0.486 e. The van der Waals surface area contributed by atoms with Crippen LogP contribution in [0.4, 0.5) is 8.78 Å². The number of rotatable bonds is 6. The average molecular weight is 398 g/mol. The molecule has 0 fully saturated rings. The predicted octanol–water partition coefficient (Wildman–Crippen LogP) is 3.78. The number of benzene rings is 2. The first-order valence-electron chi connectivity index (χ1n) is 8.98. The first kappa shape index (κ1) is 20.3. The van der Waals surface area contributed by atoms with Gasteiger partial charge in [-0.05, 0) is 55.3 Å². The maximum atomic E-state index is 13.6. The van der Waals surface area contributed by atoms with Crippen LogP contribution in [-0.2, 0) is 13.2 Å². The molecule has 0 saturated carbocycles. The van der Waals surface area contributed by atoms with E-state index >= 15 is 0 Å². The van der Waals surface area contributed by atoms with Crippen LogP contribution in [0.1, 0.15) is 32.7 Å². The Labute approximate surface area is 166 Å². The van der Waals surface area contributed by atoms with E-state index < -0.39 is 11.6 Å². The molecular formula is C22H20F2N2O3. The third-order valence-electron chi connectivity index (χ3n) is 4.42. The highest BCUT2D eigenvalue weighted by Gasteiger charge is 2.10. The average Bonchev–Trinajstić information content (AvgIpc) is 2.66. The largest absolute Gasteiger partial charge is 0.486 e. The predicted molar refractivity (Wildman–Crippen MR) is 105 cm³/mol. The van der Waals surface area contributed by atoms with Crippen LogP contribution in [0.2, 0.25) is 0 Å². The third-order valence-corrected chi connectivity index (χ3v) is 4.42. The van der Waals surface area contributed by atoms with Crippen molar-refractivity contribution in [1.29, 1.82) is 0 Å². The molecule has 29 heavy (non-hydrogen) atoms. The molecule has 0 atom stereocenters. The molecule has 150 valence electrons. The lowest BCUT2D eigenvalue weighted by molar-refractivity contribution is 0.0950. The summed E-state index contributed by atoms with van der Waals surface area (Å²) in [5, 5.41) is 2.73. The van der Waals surface area contributed by atoms with Crippen molar-refractivity contribution in [2.45, 2.75) is 27.0 Å². The number of H-pyrrole nitrogens is 1. The summed E-state index contributed by atoms with van der Waals surface area (Å²) in [6.07, 6.45) is 0. The molecule has 7 heteroatoms. The number of aromatic amines is 1. The smallest absolute Gasteiger partial charge is 0.253 e. The van der Waals surface area contributed by atoms with Crippen LogP contribution in [0.3, 0.4) is 0 Å². The molecule has 0 aliphatic carbocycles. The van der Waals surface area contributed by atoms with Crippen molar-refractivity contribution in [2.75, 3.05) is 0 Å². The van der Waals surface area contributed by atoms with Gasteiger partial charge in [0.15, 0.2) is 11.6 Å². The van der Waals surface area contributed by atoms with Crippen LogP contribution < -0.4 is 15.6 Å². The van der Waals surface area contributed by atoms with Crippen molar-refractivity contribution in [3.63, 3.8) is 0 Å². The SMILES string of the molecule is Cc1cc(C)c(CNC(=O)c2ccc(COc3ccc(F)cc3F)cc2)c(=O)[nH]1. The van der Waals surface area contributed by atoms with Crippen molar-refractivity contribution in [1.82, 2.24) is 10.3 Å². The first-order chi connectivity index (χ1) is 13.8. The standard InChI is InChI=1S/C22H20F2N2O3/c1-13-9-14(2)26-22(28)18(13)11-25-21(27)16-5-3-15(4-6-16)12-29-20-8-7-17(23)10-19(20)24/h3-10H,11-12H2,1-2H3,(H,25,27)(H,26,28). The lowest BCUT2D eigenvalue weighted by Gasteiger charge is -2.10. The van der Waals surface area contributed by atoms with Crippen LogP contribution in [0.15, 0.2) is 53.3 Å². The molecule has 0 bridgehead atoms. The molecule has 0 saturated heterocycles. The van der Waals surface area contributed by atoms with E-state index in [2.05, 4.69) is 10.3 Å². The molecule has 0 radical (unpaired) electrons. The number of carbonyl (C=O) groups is 1. The second-order valence-electron chi connectivity index (χ2n) is 6.69. The minimum absolute atomic E-state index is 0.0492. The fourth-order valence-electron chi connectivity index (χ4n) is 2.88. The summed E-state index contributed by atoms with van der Waals surface area (Å²) >= 11 is 0. The van der Waals surface area contributed by atoms with Crippen molar-refractivity contribution < 1.29 is 18.3 Å². The molecule has 2 aromatic carbocycles. The fourth-order valence-corrected chi connectivity index (χ4v) is 2.88. The topological polar surface area (TPSA) is 71.2 Å². The molecule has 0 spiro atoms. The van der Waals surface area contributed by atoms with Crippen LogP contribution >= 0.6 is 0 Å². The summed E-state index contributed by atoms with van der Waals surface area (Å²) in [6.45, 7) is 3.81. The van der Waals surface area contributed by atoms with Crippen LogP contribution in [-0.4, -0.2) is 10.9 Å². The lowest BCUT2D eigenvalue weighted by atomic mass is 10.1. The third kappa shape index (κ3) is 5.07. The van der Waals surface area contributed by atoms with Crippen molar-refractivity contribution >= 4 is 5.91 Å². The molecule has 1 amide bonds. The Kier molecular flexibility index (Phi) is 6.07. The van der Waals surface area contributed by atoms with Gasteiger partial charge < -0.3 is 15.0 Å². The van der Waals surface area contributed by atoms with Crippen LogP contribution in [0.5, 0.6) is 5.75 Å². The van der Waals surface area contributed by atoms with Gasteiger partial charge in [0.05, 0.1) is 0 Å². The van der Waals surface area contributed by atoms with Gasteiger partial charge in [0.1, 0.15) is 12.4 Å². The number of hydrogen-bond donors (Lipinski definition) is 2. The Balaban J connectivity index is 1.59. The summed E-state index contributed by atoms with van der Waals surface area (Å²) in [7, 11) is 0. The molecule has 0 aliphatic heterocycles. The normalized spacial score (nSPS) is 10.6. The summed E-state index contributed by atoms with van der Waals surface area (Å²) in [5.41, 5.74) is 3.01. The zero-order chi connectivity index (χ0) is 21.0. The maximum Gasteiger partial charge on any atom is 0.253 e. The van der Waals surface area contributed by atoms with E-state index in [0.717, 1.165) is 29.0 Å². The van der Waals surface area contributed by atoms with E-state index in [1.165, 1.54) is 6.07 Å². The van der Waals surface area contributed by atoms with Crippen LogP contribution in [0.25, 0.3) is 0 Å². The van der Waals surface area contributed by atoms with E-state index in [1.807, 2.05) is 13.0 Å². The quantitative estimate of drug-likeness (QED) is 0.664. The van der Waals surface area contributed by atoms with E-state index in [0.29, 0.717) is 11.1 Å². The molecule has 1 heterocycles. The highest BCUT2D eigenvalue weighted by Crippen LogP contribution is 2.19. The van der Waals surface area contributed by atoms with Gasteiger partial charge in [-0.15, -0.1) is 0 Å². The number of pyridine rings is 1. The van der Waals surface area contributed by atoms with E-state index in [4.69, 9.17) is 4.74 Å². The van der Waals surface area contributed by atoms with Gasteiger partial charge >= 0.3 is 0 Å². The Morgan fingerprint density at radius 3 is 2.45 bits per heavy atom. The Bertz CT molecular complexity index is 1090. The fraction of sp³-hybridized carbons (Fsp3) is 0.182. The zero-order valence-electron chi connectivity index (χ0n) is 16.0. The van der Waals surface area contributed by atoms with Gasteiger partial charge in [0.25, 0.3) is 11.5 Å². The molecule has 0 unspecified atom stereocenters. The molecule has 2 N–H and O–H groups in total. The first-order valence-corrected chi connectivity index (χ1v) is 8.98. The highest BCUT2D eigenvalue weighted by molar-refractivity contribution is 5.94. The summed E-state index contributed by atoms with van der Waals surface area (Å²) in [5.74, 6) is -1.82. The zero-order valence-corrected chi connectivity index (χ0v) is 16.0. The monoisotopic (exact) mass is 398 g/mol. The van der Waals surface area contributed by atoms with Gasteiger partial charge in [-0.3, -0.25) is 9.59 Å². The van der Waals surface area contributed by atoms with Gasteiger partial charge in [0.2, 0.25) is 0 Å². The molecule has 5 nitrogen and oxygen atoms in total. The lowest BCUT2D eigenvalue weighted by Crippen LogP contribution is -2.27. The number of halogens is 2. The minimum atomic E-state index is -0.776. The van der Waals surface area contributed by atoms with E-state index in [-0.39, 0.29) is 30.4 Å². The van der Waals surface area contributed by atoms with Crippen molar-refractivity contribution in [3.8, 4) is 5.75 Å². The number of amides is 1. The summed E-state index contributed by atoms with van der Waals surface area (Å²) in [4.78, 5) is 27.1. The Morgan fingerprint density at radius 1 is 1.07 bits per heavy atom. The number of ether oxygens (including phenoxy) is 1. The highest BCUT2D eigenvalue weighted by atomic mass is 19.1. The Morgan fingerprint density at radius 2 is 1.79 bits per heavy atom. The second kappa shape index (κ2) is 8.68. The summed E-state index contributed by atoms with van der Waals surface area (Å²) < 4.78 is 31.8. The van der Waals surface area contributed by atoms with Crippen LogP contribution in [0, 0.1) is 25.5 Å².